The second-order valence-electron chi connectivity index (χ2n) is 5.89. The van der Waals surface area contributed by atoms with Crippen LogP contribution in [0.1, 0.15) is 59.3 Å². The summed E-state index contributed by atoms with van der Waals surface area (Å²) in [7, 11) is 0. The highest BCUT2D eigenvalue weighted by atomic mass is 16.2. The molecule has 2 fully saturated rings. The zero-order valence-electron chi connectivity index (χ0n) is 11.9. The molecule has 1 heterocycles. The maximum atomic E-state index is 12.8. The van der Waals surface area contributed by atoms with E-state index in [0.717, 1.165) is 25.7 Å². The topological polar surface area (TPSA) is 66.5 Å². The summed E-state index contributed by atoms with van der Waals surface area (Å²) in [6, 6.07) is -0.545. The van der Waals surface area contributed by atoms with Crippen LogP contribution in [0, 0.1) is 5.41 Å². The van der Waals surface area contributed by atoms with E-state index in [1.165, 1.54) is 4.90 Å². The number of carbonyl (C=O) groups excluding carboxylic acids is 3. The summed E-state index contributed by atoms with van der Waals surface area (Å²) in [5.74, 6) is -0.749. The normalized spacial score (nSPS) is 25.6. The molecule has 0 unspecified atom stereocenters. The third kappa shape index (κ3) is 1.86. The van der Waals surface area contributed by atoms with Crippen LogP contribution >= 0.6 is 0 Å². The molecule has 0 aromatic rings. The van der Waals surface area contributed by atoms with Crippen LogP contribution in [0.25, 0.3) is 0 Å². The van der Waals surface area contributed by atoms with Gasteiger partial charge in [-0.15, -0.1) is 0 Å². The Morgan fingerprint density at radius 1 is 1.11 bits per heavy atom. The fraction of sp³-hybridized carbons (Fsp3) is 0.786. The number of rotatable bonds is 3. The summed E-state index contributed by atoms with van der Waals surface area (Å²) in [4.78, 5) is 38.3. The van der Waals surface area contributed by atoms with Crippen LogP contribution in [-0.4, -0.2) is 28.3 Å². The van der Waals surface area contributed by atoms with Gasteiger partial charge >= 0.3 is 6.03 Å². The van der Waals surface area contributed by atoms with E-state index in [1.54, 1.807) is 0 Å². The Hall–Kier alpha value is -1.39. The smallest absolute Gasteiger partial charge is 0.277 e. The van der Waals surface area contributed by atoms with E-state index in [2.05, 4.69) is 5.32 Å². The molecule has 106 valence electrons. The number of imide groups is 2. The van der Waals surface area contributed by atoms with Crippen molar-refractivity contribution >= 4 is 17.8 Å². The molecule has 0 spiro atoms. The van der Waals surface area contributed by atoms with Crippen LogP contribution in [0.4, 0.5) is 4.79 Å². The minimum atomic E-state index is -1.07. The van der Waals surface area contributed by atoms with Gasteiger partial charge in [0.05, 0.1) is 0 Å². The van der Waals surface area contributed by atoms with Crippen LogP contribution in [0.5, 0.6) is 0 Å². The second-order valence-corrected chi connectivity index (χ2v) is 5.89. The fourth-order valence-corrected chi connectivity index (χ4v) is 3.40. The van der Waals surface area contributed by atoms with Crippen molar-refractivity contribution in [2.45, 2.75) is 64.8 Å². The molecule has 1 saturated carbocycles. The fourth-order valence-electron chi connectivity index (χ4n) is 3.40. The van der Waals surface area contributed by atoms with Crippen molar-refractivity contribution in [1.29, 1.82) is 0 Å². The van der Waals surface area contributed by atoms with Crippen LogP contribution in [0.15, 0.2) is 0 Å². The number of carbonyl (C=O) groups is 3. The third-order valence-corrected chi connectivity index (χ3v) is 4.90. The highest BCUT2D eigenvalue weighted by Gasteiger charge is 2.56. The zero-order chi connectivity index (χ0) is 14.3. The van der Waals surface area contributed by atoms with E-state index in [0.29, 0.717) is 12.8 Å². The molecule has 1 saturated heterocycles. The standard InChI is InChI=1S/C14H22N2O3/c1-4-14(5-2)10(17)15-12(19)16(11(14)18)13(3)8-6-7-9-13/h4-9H2,1-3H3,(H,15,17,19). The number of nitrogens with zero attached hydrogens (tertiary/aromatic N) is 1. The molecular weight excluding hydrogens is 244 g/mol. The first-order chi connectivity index (χ1) is 8.91. The Labute approximate surface area is 113 Å². The molecule has 2 rings (SSSR count). The number of hydrogen-bond acceptors (Lipinski definition) is 3. The Kier molecular flexibility index (Phi) is 3.41. The maximum Gasteiger partial charge on any atom is 0.331 e. The van der Waals surface area contributed by atoms with Crippen molar-refractivity contribution in [2.24, 2.45) is 5.41 Å². The Bertz CT molecular complexity index is 420. The van der Waals surface area contributed by atoms with Gasteiger partial charge in [-0.3, -0.25) is 19.8 Å². The van der Waals surface area contributed by atoms with E-state index in [-0.39, 0.29) is 5.91 Å². The predicted octanol–water partition coefficient (Wildman–Crippen LogP) is 2.20. The molecule has 0 atom stereocenters. The van der Waals surface area contributed by atoms with Crippen molar-refractivity contribution in [1.82, 2.24) is 10.2 Å². The number of amides is 4. The molecule has 1 aliphatic carbocycles. The minimum Gasteiger partial charge on any atom is -0.277 e. The SMILES string of the molecule is CCC1(CC)C(=O)NC(=O)N(C2(C)CCCC2)C1=O. The first kappa shape index (κ1) is 14.0. The van der Waals surface area contributed by atoms with Gasteiger partial charge in [0.1, 0.15) is 5.41 Å². The summed E-state index contributed by atoms with van der Waals surface area (Å²) in [5, 5.41) is 2.38. The third-order valence-electron chi connectivity index (χ3n) is 4.90. The van der Waals surface area contributed by atoms with E-state index >= 15 is 0 Å². The van der Waals surface area contributed by atoms with Gasteiger partial charge < -0.3 is 0 Å². The van der Waals surface area contributed by atoms with Gasteiger partial charge in [0, 0.05) is 5.54 Å². The average Bonchev–Trinajstić information content (AvgIpc) is 2.78. The first-order valence-electron chi connectivity index (χ1n) is 7.11. The van der Waals surface area contributed by atoms with Crippen LogP contribution in [0.2, 0.25) is 0 Å². The molecule has 0 aromatic heterocycles. The van der Waals surface area contributed by atoms with Crippen molar-refractivity contribution in [3.63, 3.8) is 0 Å². The molecule has 0 radical (unpaired) electrons. The molecule has 0 bridgehead atoms. The molecule has 5 nitrogen and oxygen atoms in total. The lowest BCUT2D eigenvalue weighted by atomic mass is 9.77. The van der Waals surface area contributed by atoms with Crippen molar-refractivity contribution in [3.05, 3.63) is 0 Å². The van der Waals surface area contributed by atoms with Crippen molar-refractivity contribution < 1.29 is 14.4 Å². The molecule has 19 heavy (non-hydrogen) atoms. The Morgan fingerprint density at radius 2 is 1.63 bits per heavy atom. The number of nitrogens with one attached hydrogen (secondary N) is 1. The highest BCUT2D eigenvalue weighted by Crippen LogP contribution is 2.41. The number of hydrogen-bond donors (Lipinski definition) is 1. The molecule has 0 aromatic carbocycles. The first-order valence-corrected chi connectivity index (χ1v) is 7.11. The lowest BCUT2D eigenvalue weighted by Crippen LogP contribution is -2.68. The minimum absolute atomic E-state index is 0.310. The van der Waals surface area contributed by atoms with Gasteiger partial charge in [0.25, 0.3) is 0 Å². The summed E-state index contributed by atoms with van der Waals surface area (Å²) in [6.45, 7) is 5.60. The van der Waals surface area contributed by atoms with Crippen LogP contribution in [0.3, 0.4) is 0 Å². The number of urea groups is 1. The summed E-state index contributed by atoms with van der Waals surface area (Å²) < 4.78 is 0. The largest absolute Gasteiger partial charge is 0.331 e. The summed E-state index contributed by atoms with van der Waals surface area (Å²) in [6.07, 6.45) is 4.54. The van der Waals surface area contributed by atoms with Crippen molar-refractivity contribution in [2.75, 3.05) is 0 Å². The van der Waals surface area contributed by atoms with E-state index in [1.807, 2.05) is 20.8 Å². The van der Waals surface area contributed by atoms with Gasteiger partial charge in [-0.25, -0.2) is 4.79 Å². The summed E-state index contributed by atoms with van der Waals surface area (Å²) in [5.41, 5.74) is -1.50. The second kappa shape index (κ2) is 4.62. The van der Waals surface area contributed by atoms with E-state index < -0.39 is 22.9 Å². The average molecular weight is 266 g/mol. The van der Waals surface area contributed by atoms with Gasteiger partial charge in [0.2, 0.25) is 11.8 Å². The van der Waals surface area contributed by atoms with Crippen LogP contribution in [-0.2, 0) is 9.59 Å². The van der Waals surface area contributed by atoms with Gasteiger partial charge in [-0.05, 0) is 32.6 Å². The Balaban J connectivity index is 2.41. The lowest BCUT2D eigenvalue weighted by molar-refractivity contribution is -0.155. The van der Waals surface area contributed by atoms with Gasteiger partial charge in [0.15, 0.2) is 0 Å². The van der Waals surface area contributed by atoms with E-state index in [4.69, 9.17) is 0 Å². The maximum absolute atomic E-state index is 12.8. The molecule has 1 N–H and O–H groups in total. The van der Waals surface area contributed by atoms with E-state index in [9.17, 15) is 14.4 Å². The van der Waals surface area contributed by atoms with Crippen LogP contribution < -0.4 is 5.32 Å². The monoisotopic (exact) mass is 266 g/mol. The zero-order valence-corrected chi connectivity index (χ0v) is 11.9. The van der Waals surface area contributed by atoms with Crippen molar-refractivity contribution in [3.8, 4) is 0 Å². The molecule has 5 heteroatoms. The quantitative estimate of drug-likeness (QED) is 0.796. The molecule has 1 aliphatic heterocycles. The van der Waals surface area contributed by atoms with Gasteiger partial charge in [-0.2, -0.15) is 0 Å². The Morgan fingerprint density at radius 3 is 2.11 bits per heavy atom. The molecule has 2 aliphatic rings. The molecule has 4 amide bonds. The highest BCUT2D eigenvalue weighted by molar-refractivity contribution is 6.19. The molecular formula is C14H22N2O3. The van der Waals surface area contributed by atoms with Gasteiger partial charge in [-0.1, -0.05) is 26.7 Å². The predicted molar refractivity (Wildman–Crippen MR) is 70.3 cm³/mol. The lowest BCUT2D eigenvalue weighted by Gasteiger charge is -2.45. The summed E-state index contributed by atoms with van der Waals surface area (Å²) >= 11 is 0. The number of barbiturate groups is 1.